The van der Waals surface area contributed by atoms with E-state index in [9.17, 15) is 13.2 Å². The number of benzene rings is 3. The van der Waals surface area contributed by atoms with Gasteiger partial charge in [0, 0.05) is 18.8 Å². The summed E-state index contributed by atoms with van der Waals surface area (Å²) in [5.74, 6) is 1.00. The highest BCUT2D eigenvalue weighted by atomic mass is 32.2. The maximum atomic E-state index is 13.1. The standard InChI is InChI=1S/C26H28N2O5S/c1-18-5-4-6-25(19(18)2)33-17-26(29)27-22-8-7-20-13-14-28(16-21(20)15-22)34(30,31)24-11-9-23(32-3)10-12-24/h4-12,15H,13-14,16-17H2,1-3H3,(H,27,29). The number of fused-ring (bicyclic) bond motifs is 1. The van der Waals surface area contributed by atoms with Crippen LogP contribution in [0.5, 0.6) is 11.5 Å². The Morgan fingerprint density at radius 2 is 1.79 bits per heavy atom. The Balaban J connectivity index is 1.43. The van der Waals surface area contributed by atoms with Crippen molar-refractivity contribution in [1.29, 1.82) is 0 Å². The molecule has 7 nitrogen and oxygen atoms in total. The van der Waals surface area contributed by atoms with Gasteiger partial charge in [0.05, 0.1) is 12.0 Å². The van der Waals surface area contributed by atoms with Gasteiger partial charge in [0.25, 0.3) is 5.91 Å². The summed E-state index contributed by atoms with van der Waals surface area (Å²) in [6.07, 6.45) is 0.606. The van der Waals surface area contributed by atoms with Crippen LogP contribution in [0.3, 0.4) is 0 Å². The zero-order chi connectivity index (χ0) is 24.3. The summed E-state index contributed by atoms with van der Waals surface area (Å²) in [5, 5.41) is 2.85. The number of hydrogen-bond donors (Lipinski definition) is 1. The molecule has 3 aromatic carbocycles. The van der Waals surface area contributed by atoms with E-state index in [0.717, 1.165) is 22.3 Å². The van der Waals surface area contributed by atoms with Crippen LogP contribution in [0.25, 0.3) is 0 Å². The Morgan fingerprint density at radius 1 is 1.03 bits per heavy atom. The maximum Gasteiger partial charge on any atom is 0.262 e. The second kappa shape index (κ2) is 9.87. The van der Waals surface area contributed by atoms with Gasteiger partial charge >= 0.3 is 0 Å². The van der Waals surface area contributed by atoms with Crippen molar-refractivity contribution in [2.75, 3.05) is 25.6 Å². The van der Waals surface area contributed by atoms with Gasteiger partial charge < -0.3 is 14.8 Å². The number of hydrogen-bond acceptors (Lipinski definition) is 5. The molecule has 8 heteroatoms. The molecule has 0 aliphatic carbocycles. The van der Waals surface area contributed by atoms with E-state index < -0.39 is 10.0 Å². The summed E-state index contributed by atoms with van der Waals surface area (Å²) in [6, 6.07) is 17.7. The van der Waals surface area contributed by atoms with E-state index in [4.69, 9.17) is 9.47 Å². The minimum absolute atomic E-state index is 0.112. The summed E-state index contributed by atoms with van der Waals surface area (Å²) in [4.78, 5) is 12.7. The van der Waals surface area contributed by atoms with E-state index in [1.165, 1.54) is 11.4 Å². The van der Waals surface area contributed by atoms with Crippen LogP contribution < -0.4 is 14.8 Å². The third-order valence-electron chi connectivity index (χ3n) is 6.08. The Labute approximate surface area is 200 Å². The molecule has 0 spiro atoms. The largest absolute Gasteiger partial charge is 0.497 e. The van der Waals surface area contributed by atoms with Gasteiger partial charge in [-0.15, -0.1) is 0 Å². The molecule has 1 aliphatic rings. The summed E-state index contributed by atoms with van der Waals surface area (Å²) < 4.78 is 38.5. The highest BCUT2D eigenvalue weighted by Gasteiger charge is 2.28. The van der Waals surface area contributed by atoms with Crippen molar-refractivity contribution in [1.82, 2.24) is 4.31 Å². The monoisotopic (exact) mass is 480 g/mol. The number of carbonyl (C=O) groups is 1. The minimum Gasteiger partial charge on any atom is -0.497 e. The van der Waals surface area contributed by atoms with Gasteiger partial charge in [-0.3, -0.25) is 4.79 Å². The van der Waals surface area contributed by atoms with Crippen molar-refractivity contribution in [3.63, 3.8) is 0 Å². The van der Waals surface area contributed by atoms with Crippen LogP contribution in [0.4, 0.5) is 5.69 Å². The fraction of sp³-hybridized carbons (Fsp3) is 0.269. The van der Waals surface area contributed by atoms with Crippen molar-refractivity contribution in [3.05, 3.63) is 82.9 Å². The highest BCUT2D eigenvalue weighted by molar-refractivity contribution is 7.89. The summed E-state index contributed by atoms with van der Waals surface area (Å²) in [5.41, 5.74) is 4.66. The van der Waals surface area contributed by atoms with E-state index in [1.54, 1.807) is 24.3 Å². The lowest BCUT2D eigenvalue weighted by atomic mass is 10.0. The SMILES string of the molecule is COc1ccc(S(=O)(=O)N2CCc3ccc(NC(=O)COc4cccc(C)c4C)cc3C2)cc1. The van der Waals surface area contributed by atoms with Crippen molar-refractivity contribution in [2.24, 2.45) is 0 Å². The molecule has 0 saturated heterocycles. The van der Waals surface area contributed by atoms with Gasteiger partial charge in [0.1, 0.15) is 11.5 Å². The Morgan fingerprint density at radius 3 is 2.53 bits per heavy atom. The van der Waals surface area contributed by atoms with Crippen molar-refractivity contribution in [2.45, 2.75) is 31.7 Å². The van der Waals surface area contributed by atoms with Crippen LogP contribution in [0.15, 0.2) is 65.6 Å². The Bertz CT molecular complexity index is 1300. The van der Waals surface area contributed by atoms with Crippen LogP contribution in [0.2, 0.25) is 0 Å². The predicted molar refractivity (Wildman–Crippen MR) is 131 cm³/mol. The number of methoxy groups -OCH3 is 1. The quantitative estimate of drug-likeness (QED) is 0.551. The number of aryl methyl sites for hydroxylation is 1. The molecule has 4 rings (SSSR count). The first-order valence-electron chi connectivity index (χ1n) is 11.0. The molecule has 0 aromatic heterocycles. The molecule has 0 atom stereocenters. The lowest BCUT2D eigenvalue weighted by Gasteiger charge is -2.28. The van der Waals surface area contributed by atoms with Gasteiger partial charge in [0.15, 0.2) is 6.61 Å². The molecule has 0 unspecified atom stereocenters. The summed E-state index contributed by atoms with van der Waals surface area (Å²) >= 11 is 0. The van der Waals surface area contributed by atoms with Crippen molar-refractivity contribution in [3.8, 4) is 11.5 Å². The number of anilines is 1. The van der Waals surface area contributed by atoms with Crippen LogP contribution in [-0.2, 0) is 27.8 Å². The molecule has 0 fully saturated rings. The van der Waals surface area contributed by atoms with E-state index in [0.29, 0.717) is 30.2 Å². The molecule has 1 N–H and O–H groups in total. The molecule has 0 saturated carbocycles. The Kier molecular flexibility index (Phi) is 6.90. The third-order valence-corrected chi connectivity index (χ3v) is 7.94. The lowest BCUT2D eigenvalue weighted by Crippen LogP contribution is -2.36. The number of amides is 1. The second-order valence-electron chi connectivity index (χ2n) is 8.28. The zero-order valence-electron chi connectivity index (χ0n) is 19.5. The molecule has 34 heavy (non-hydrogen) atoms. The number of ether oxygens (including phenoxy) is 2. The van der Waals surface area contributed by atoms with E-state index in [2.05, 4.69) is 5.32 Å². The van der Waals surface area contributed by atoms with Crippen LogP contribution >= 0.6 is 0 Å². The predicted octanol–water partition coefficient (Wildman–Crippen LogP) is 4.08. The van der Waals surface area contributed by atoms with E-state index in [-0.39, 0.29) is 24.0 Å². The summed E-state index contributed by atoms with van der Waals surface area (Å²) in [7, 11) is -2.10. The average Bonchev–Trinajstić information content (AvgIpc) is 2.84. The van der Waals surface area contributed by atoms with Gasteiger partial charge in [-0.1, -0.05) is 18.2 Å². The normalized spacial score (nSPS) is 13.7. The number of carbonyl (C=O) groups excluding carboxylic acids is 1. The van der Waals surface area contributed by atoms with Gasteiger partial charge in [-0.2, -0.15) is 4.31 Å². The lowest BCUT2D eigenvalue weighted by molar-refractivity contribution is -0.118. The van der Waals surface area contributed by atoms with E-state index in [1.807, 2.05) is 50.2 Å². The zero-order valence-corrected chi connectivity index (χ0v) is 20.3. The topological polar surface area (TPSA) is 84.9 Å². The molecule has 1 amide bonds. The molecule has 0 radical (unpaired) electrons. The van der Waals surface area contributed by atoms with Crippen molar-refractivity contribution >= 4 is 21.6 Å². The number of rotatable bonds is 7. The van der Waals surface area contributed by atoms with Crippen molar-refractivity contribution < 1.29 is 22.7 Å². The smallest absolute Gasteiger partial charge is 0.262 e. The maximum absolute atomic E-state index is 13.1. The van der Waals surface area contributed by atoms with Crippen LogP contribution in [0, 0.1) is 13.8 Å². The number of nitrogens with zero attached hydrogens (tertiary/aromatic N) is 1. The number of sulfonamides is 1. The van der Waals surface area contributed by atoms with Gasteiger partial charge in [-0.05, 0) is 85.0 Å². The van der Waals surface area contributed by atoms with Gasteiger partial charge in [-0.25, -0.2) is 8.42 Å². The van der Waals surface area contributed by atoms with E-state index >= 15 is 0 Å². The number of nitrogens with one attached hydrogen (secondary N) is 1. The first-order valence-corrected chi connectivity index (χ1v) is 12.5. The molecule has 0 bridgehead atoms. The molecule has 1 aliphatic heterocycles. The highest BCUT2D eigenvalue weighted by Crippen LogP contribution is 2.28. The second-order valence-corrected chi connectivity index (χ2v) is 10.2. The minimum atomic E-state index is -3.64. The molecule has 178 valence electrons. The first kappa shape index (κ1) is 23.8. The molecule has 1 heterocycles. The fourth-order valence-corrected chi connectivity index (χ4v) is 5.35. The van der Waals surface area contributed by atoms with Gasteiger partial charge in [0.2, 0.25) is 10.0 Å². The average molecular weight is 481 g/mol. The van der Waals surface area contributed by atoms with Crippen LogP contribution in [-0.4, -0.2) is 38.9 Å². The molecular weight excluding hydrogens is 452 g/mol. The Hall–Kier alpha value is -3.36. The fourth-order valence-electron chi connectivity index (χ4n) is 3.93. The summed E-state index contributed by atoms with van der Waals surface area (Å²) in [6.45, 7) is 4.48. The third kappa shape index (κ3) is 5.08. The first-order chi connectivity index (χ1) is 16.3. The van der Waals surface area contributed by atoms with Crippen LogP contribution in [0.1, 0.15) is 22.3 Å². The molecule has 3 aromatic rings. The molecular formula is C26H28N2O5S.